The molecule has 0 fully saturated rings. The van der Waals surface area contributed by atoms with E-state index in [0.717, 1.165) is 0 Å². The summed E-state index contributed by atoms with van der Waals surface area (Å²) in [5.74, 6) is -0.932. The quantitative estimate of drug-likeness (QED) is 0.486. The minimum absolute atomic E-state index is 0.0213. The van der Waals surface area contributed by atoms with Gasteiger partial charge in [0.2, 0.25) is 0 Å². The van der Waals surface area contributed by atoms with Gasteiger partial charge in [-0.25, -0.2) is 0 Å². The van der Waals surface area contributed by atoms with E-state index < -0.39 is 16.8 Å². The average molecular weight is 241 g/mol. The van der Waals surface area contributed by atoms with Gasteiger partial charge in [0.05, 0.1) is 10.8 Å². The van der Waals surface area contributed by atoms with Crippen LogP contribution in [-0.4, -0.2) is 21.8 Å². The van der Waals surface area contributed by atoms with Crippen LogP contribution in [0.2, 0.25) is 0 Å². The van der Waals surface area contributed by atoms with E-state index in [2.05, 4.69) is 0 Å². The lowest BCUT2D eigenvalue weighted by Crippen LogP contribution is -2.11. The summed E-state index contributed by atoms with van der Waals surface area (Å²) in [4.78, 5) is 21.3. The molecule has 1 aromatic carbocycles. The van der Waals surface area contributed by atoms with E-state index in [1.165, 1.54) is 23.9 Å². The summed E-state index contributed by atoms with van der Waals surface area (Å²) in [7, 11) is 0. The molecule has 86 valence electrons. The van der Waals surface area contributed by atoms with Crippen LogP contribution in [0.5, 0.6) is 0 Å². The fraction of sp³-hybridized carbons (Fsp3) is 0.300. The zero-order chi connectivity index (χ0) is 12.1. The van der Waals surface area contributed by atoms with Gasteiger partial charge in [-0.1, -0.05) is 13.0 Å². The van der Waals surface area contributed by atoms with Crippen LogP contribution in [0.15, 0.2) is 29.2 Å². The number of nitro groups is 1. The van der Waals surface area contributed by atoms with Gasteiger partial charge in [0, 0.05) is 22.8 Å². The standard InChI is InChI=1S/C10H11NO4S/c1-7(10(12)13)6-16-9-4-2-3-8(5-9)11(14)15/h2-5,7H,6H2,1H3,(H,12,13). The number of carboxylic acid groups (broad SMARTS) is 1. The highest BCUT2D eigenvalue weighted by Crippen LogP contribution is 2.24. The first-order valence-corrected chi connectivity index (χ1v) is 5.59. The topological polar surface area (TPSA) is 80.4 Å². The van der Waals surface area contributed by atoms with Crippen molar-refractivity contribution in [1.29, 1.82) is 0 Å². The van der Waals surface area contributed by atoms with Gasteiger partial charge < -0.3 is 5.11 Å². The summed E-state index contributed by atoms with van der Waals surface area (Å²) in [5.41, 5.74) is 0.0213. The second-order valence-corrected chi connectivity index (χ2v) is 4.40. The fourth-order valence-electron chi connectivity index (χ4n) is 0.979. The Hall–Kier alpha value is -1.56. The van der Waals surface area contributed by atoms with Crippen LogP contribution in [0.4, 0.5) is 5.69 Å². The third-order valence-electron chi connectivity index (χ3n) is 1.95. The monoisotopic (exact) mass is 241 g/mol. The Morgan fingerprint density at radius 3 is 2.88 bits per heavy atom. The zero-order valence-electron chi connectivity index (χ0n) is 8.62. The van der Waals surface area contributed by atoms with Crippen LogP contribution >= 0.6 is 11.8 Å². The molecule has 0 amide bonds. The number of carboxylic acids is 1. The minimum atomic E-state index is -0.863. The van der Waals surface area contributed by atoms with Gasteiger partial charge in [-0.3, -0.25) is 14.9 Å². The molecule has 1 aromatic rings. The summed E-state index contributed by atoms with van der Waals surface area (Å²) < 4.78 is 0. The lowest BCUT2D eigenvalue weighted by atomic mass is 10.2. The Labute approximate surface area is 96.6 Å². The van der Waals surface area contributed by atoms with Gasteiger partial charge in [-0.15, -0.1) is 11.8 Å². The van der Waals surface area contributed by atoms with E-state index in [1.54, 1.807) is 19.1 Å². The van der Waals surface area contributed by atoms with E-state index in [1.807, 2.05) is 0 Å². The second kappa shape index (κ2) is 5.50. The largest absolute Gasteiger partial charge is 0.481 e. The Balaban J connectivity index is 2.64. The predicted octanol–water partition coefficient (Wildman–Crippen LogP) is 2.41. The minimum Gasteiger partial charge on any atom is -0.481 e. The lowest BCUT2D eigenvalue weighted by Gasteiger charge is -2.05. The van der Waals surface area contributed by atoms with Crippen LogP contribution in [0, 0.1) is 16.0 Å². The molecule has 0 saturated heterocycles. The molecule has 0 spiro atoms. The van der Waals surface area contributed by atoms with E-state index in [-0.39, 0.29) is 5.69 Å². The van der Waals surface area contributed by atoms with Gasteiger partial charge in [0.25, 0.3) is 5.69 Å². The highest BCUT2D eigenvalue weighted by molar-refractivity contribution is 7.99. The van der Waals surface area contributed by atoms with Crippen molar-refractivity contribution < 1.29 is 14.8 Å². The molecule has 0 aliphatic carbocycles. The van der Waals surface area contributed by atoms with Gasteiger partial charge in [0.1, 0.15) is 0 Å². The van der Waals surface area contributed by atoms with Crippen molar-refractivity contribution >= 4 is 23.4 Å². The Morgan fingerprint density at radius 2 is 2.31 bits per heavy atom. The van der Waals surface area contributed by atoms with Crippen molar-refractivity contribution in [3.8, 4) is 0 Å². The fourth-order valence-corrected chi connectivity index (χ4v) is 1.94. The van der Waals surface area contributed by atoms with Crippen LogP contribution < -0.4 is 0 Å². The molecule has 0 aliphatic rings. The lowest BCUT2D eigenvalue weighted by molar-refractivity contribution is -0.385. The first kappa shape index (κ1) is 12.5. The summed E-state index contributed by atoms with van der Waals surface area (Å²) in [6.45, 7) is 1.60. The van der Waals surface area contributed by atoms with E-state index in [0.29, 0.717) is 10.6 Å². The summed E-state index contributed by atoms with van der Waals surface area (Å²) in [5, 5.41) is 19.2. The number of aliphatic carboxylic acids is 1. The van der Waals surface area contributed by atoms with Gasteiger partial charge in [0.15, 0.2) is 0 Å². The normalized spacial score (nSPS) is 12.1. The second-order valence-electron chi connectivity index (χ2n) is 3.30. The van der Waals surface area contributed by atoms with Crippen LogP contribution in [0.3, 0.4) is 0 Å². The average Bonchev–Trinajstić information content (AvgIpc) is 2.26. The van der Waals surface area contributed by atoms with Crippen molar-refractivity contribution in [3.05, 3.63) is 34.4 Å². The smallest absolute Gasteiger partial charge is 0.307 e. The third kappa shape index (κ3) is 3.54. The molecule has 1 N–H and O–H groups in total. The summed E-state index contributed by atoms with van der Waals surface area (Å²) in [6.07, 6.45) is 0. The molecule has 5 nitrogen and oxygen atoms in total. The number of carbonyl (C=O) groups is 1. The van der Waals surface area contributed by atoms with E-state index in [9.17, 15) is 14.9 Å². The Kier molecular flexibility index (Phi) is 4.30. The number of thioether (sulfide) groups is 1. The van der Waals surface area contributed by atoms with Gasteiger partial charge in [-0.05, 0) is 6.07 Å². The maximum atomic E-state index is 10.6. The summed E-state index contributed by atoms with van der Waals surface area (Å²) in [6, 6.07) is 6.17. The highest BCUT2D eigenvalue weighted by Gasteiger charge is 2.12. The molecule has 0 aromatic heterocycles. The highest BCUT2D eigenvalue weighted by atomic mass is 32.2. The molecule has 0 bridgehead atoms. The Bertz CT molecular complexity index is 408. The van der Waals surface area contributed by atoms with Crippen LogP contribution in [0.1, 0.15) is 6.92 Å². The molecule has 1 atom stereocenters. The molecule has 0 saturated carbocycles. The number of rotatable bonds is 5. The first-order valence-electron chi connectivity index (χ1n) is 4.60. The number of nitro benzene ring substituents is 1. The maximum Gasteiger partial charge on any atom is 0.307 e. The number of non-ortho nitro benzene ring substituents is 1. The molecular weight excluding hydrogens is 230 g/mol. The van der Waals surface area contributed by atoms with Crippen LogP contribution in [-0.2, 0) is 4.79 Å². The molecule has 0 heterocycles. The number of nitrogens with zero attached hydrogens (tertiary/aromatic N) is 1. The van der Waals surface area contributed by atoms with Gasteiger partial charge >= 0.3 is 5.97 Å². The van der Waals surface area contributed by atoms with Crippen LogP contribution in [0.25, 0.3) is 0 Å². The SMILES string of the molecule is CC(CSc1cccc([N+](=O)[O-])c1)C(=O)O. The molecule has 0 radical (unpaired) electrons. The number of hydrogen-bond acceptors (Lipinski definition) is 4. The number of benzene rings is 1. The molecule has 1 rings (SSSR count). The van der Waals surface area contributed by atoms with E-state index >= 15 is 0 Å². The zero-order valence-corrected chi connectivity index (χ0v) is 9.44. The molecule has 1 unspecified atom stereocenters. The molecule has 0 aliphatic heterocycles. The molecule has 6 heteroatoms. The van der Waals surface area contributed by atoms with Crippen molar-refractivity contribution in [2.24, 2.45) is 5.92 Å². The predicted molar refractivity (Wildman–Crippen MR) is 60.6 cm³/mol. The molecular formula is C10H11NO4S. The van der Waals surface area contributed by atoms with E-state index in [4.69, 9.17) is 5.11 Å². The first-order chi connectivity index (χ1) is 7.50. The van der Waals surface area contributed by atoms with Crippen molar-refractivity contribution in [3.63, 3.8) is 0 Å². The van der Waals surface area contributed by atoms with Gasteiger partial charge in [-0.2, -0.15) is 0 Å². The van der Waals surface area contributed by atoms with Crippen molar-refractivity contribution in [2.75, 3.05) is 5.75 Å². The molecule has 16 heavy (non-hydrogen) atoms. The Morgan fingerprint density at radius 1 is 1.62 bits per heavy atom. The number of hydrogen-bond donors (Lipinski definition) is 1. The van der Waals surface area contributed by atoms with Crippen molar-refractivity contribution in [1.82, 2.24) is 0 Å². The maximum absolute atomic E-state index is 10.6. The summed E-state index contributed by atoms with van der Waals surface area (Å²) >= 11 is 1.30. The van der Waals surface area contributed by atoms with Crippen molar-refractivity contribution in [2.45, 2.75) is 11.8 Å². The third-order valence-corrected chi connectivity index (χ3v) is 3.20.